The van der Waals surface area contributed by atoms with E-state index in [1.54, 1.807) is 30.3 Å². The van der Waals surface area contributed by atoms with Gasteiger partial charge in [-0.05, 0) is 23.9 Å². The molecule has 3 N–H and O–H groups in total. The summed E-state index contributed by atoms with van der Waals surface area (Å²) >= 11 is 0. The number of nitrogens with one attached hydrogen (secondary N) is 1. The van der Waals surface area contributed by atoms with Crippen LogP contribution in [0.5, 0.6) is 0 Å². The topological polar surface area (TPSA) is 139 Å². The Labute approximate surface area is 183 Å². The molecule has 3 aromatic rings. The van der Waals surface area contributed by atoms with Crippen molar-refractivity contribution in [1.82, 2.24) is 9.55 Å². The fourth-order valence-electron chi connectivity index (χ4n) is 3.92. The van der Waals surface area contributed by atoms with E-state index in [1.807, 2.05) is 6.92 Å². The molecule has 0 fully saturated rings. The zero-order valence-corrected chi connectivity index (χ0v) is 18.5. The van der Waals surface area contributed by atoms with E-state index in [1.165, 1.54) is 17.7 Å². The minimum Gasteiger partial charge on any atom is -0.383 e. The number of H-pyrrole nitrogens is 1. The van der Waals surface area contributed by atoms with Crippen LogP contribution in [-0.2, 0) is 21.4 Å². The smallest absolute Gasteiger partial charge is 0.330 e. The third-order valence-electron chi connectivity index (χ3n) is 5.62. The van der Waals surface area contributed by atoms with Gasteiger partial charge in [-0.2, -0.15) is 0 Å². The molecule has 32 heavy (non-hydrogen) atoms. The van der Waals surface area contributed by atoms with Gasteiger partial charge in [0.2, 0.25) is 5.91 Å². The van der Waals surface area contributed by atoms with Crippen LogP contribution in [-0.4, -0.2) is 37.5 Å². The van der Waals surface area contributed by atoms with Gasteiger partial charge in [-0.3, -0.25) is 23.4 Å². The number of carbonyl (C=O) groups is 1. The van der Waals surface area contributed by atoms with Gasteiger partial charge in [-0.1, -0.05) is 37.6 Å². The Morgan fingerprint density at radius 3 is 2.53 bits per heavy atom. The Kier molecular flexibility index (Phi) is 5.29. The van der Waals surface area contributed by atoms with Crippen molar-refractivity contribution in [3.05, 3.63) is 57.2 Å². The fourth-order valence-corrected chi connectivity index (χ4v) is 5.58. The van der Waals surface area contributed by atoms with Crippen molar-refractivity contribution in [1.29, 1.82) is 0 Å². The van der Waals surface area contributed by atoms with Crippen molar-refractivity contribution in [3.8, 4) is 0 Å². The van der Waals surface area contributed by atoms with Gasteiger partial charge in [-0.25, -0.2) is 13.2 Å². The van der Waals surface area contributed by atoms with Gasteiger partial charge in [0.25, 0.3) is 15.6 Å². The highest BCUT2D eigenvalue weighted by Gasteiger charge is 2.37. The summed E-state index contributed by atoms with van der Waals surface area (Å²) in [6.07, 6.45) is 1.45. The molecule has 2 aromatic carbocycles. The lowest BCUT2D eigenvalue weighted by Gasteiger charge is -2.24. The lowest BCUT2D eigenvalue weighted by Crippen LogP contribution is -2.44. The number of anilines is 3. The summed E-state index contributed by atoms with van der Waals surface area (Å²) in [6, 6.07) is 10.1. The average molecular weight is 458 g/mol. The second kappa shape index (κ2) is 7.83. The highest BCUT2D eigenvalue weighted by Crippen LogP contribution is 2.41. The summed E-state index contributed by atoms with van der Waals surface area (Å²) in [7, 11) is -2.62. The van der Waals surface area contributed by atoms with Gasteiger partial charge in [-0.15, -0.1) is 0 Å². The van der Waals surface area contributed by atoms with Crippen LogP contribution < -0.4 is 26.2 Å². The Bertz CT molecular complexity index is 1450. The van der Waals surface area contributed by atoms with Crippen LogP contribution >= 0.6 is 0 Å². The first-order valence-corrected chi connectivity index (χ1v) is 11.6. The highest BCUT2D eigenvalue weighted by molar-refractivity contribution is 7.93. The minimum atomic E-state index is -3.94. The summed E-state index contributed by atoms with van der Waals surface area (Å²) < 4.78 is 28.5. The molecule has 0 saturated heterocycles. The van der Waals surface area contributed by atoms with Crippen LogP contribution in [0.2, 0.25) is 0 Å². The fraction of sp³-hybridized carbons (Fsp3) is 0.286. The number of sulfonamides is 1. The van der Waals surface area contributed by atoms with Gasteiger partial charge in [0.15, 0.2) is 5.69 Å². The Morgan fingerprint density at radius 2 is 1.84 bits per heavy atom. The Morgan fingerprint density at radius 1 is 1.16 bits per heavy atom. The third kappa shape index (κ3) is 3.25. The normalized spacial score (nSPS) is 14.1. The second-order valence-electron chi connectivity index (χ2n) is 7.59. The second-order valence-corrected chi connectivity index (χ2v) is 9.42. The molecule has 1 amide bonds. The van der Waals surface area contributed by atoms with Crippen LogP contribution in [0.25, 0.3) is 10.8 Å². The van der Waals surface area contributed by atoms with Crippen molar-refractivity contribution >= 4 is 43.9 Å². The monoisotopic (exact) mass is 457 g/mol. The van der Waals surface area contributed by atoms with Gasteiger partial charge < -0.3 is 10.6 Å². The van der Waals surface area contributed by atoms with Crippen LogP contribution in [0.15, 0.2) is 50.9 Å². The predicted octanol–water partition coefficient (Wildman–Crippen LogP) is 1.24. The first kappa shape index (κ1) is 21.6. The molecule has 2 heterocycles. The number of likely N-dealkylation sites (N-methyl/N-ethyl adjacent to an activating group) is 1. The number of hydrogen-bond acceptors (Lipinski definition) is 6. The molecule has 1 aromatic heterocycles. The molecule has 168 valence electrons. The number of nitrogens with two attached hydrogens (primary N) is 1. The lowest BCUT2D eigenvalue weighted by atomic mass is 10.1. The molecule has 11 heteroatoms. The van der Waals surface area contributed by atoms with Crippen LogP contribution in [0.4, 0.5) is 17.2 Å². The van der Waals surface area contributed by atoms with E-state index in [4.69, 9.17) is 5.73 Å². The SMILES string of the molecule is CCCCn1c(N)c(N(C)C(=O)CN2c3cccc4cccc(c34)S2(=O)=O)c(=O)[nH]c1=O. The summed E-state index contributed by atoms with van der Waals surface area (Å²) in [5, 5.41) is 1.30. The van der Waals surface area contributed by atoms with Crippen molar-refractivity contribution in [2.24, 2.45) is 0 Å². The number of hydrogen-bond donors (Lipinski definition) is 2. The first-order valence-electron chi connectivity index (χ1n) is 10.1. The van der Waals surface area contributed by atoms with Crippen molar-refractivity contribution in [2.75, 3.05) is 28.5 Å². The number of rotatable bonds is 6. The van der Waals surface area contributed by atoms with Crippen LogP contribution in [0.3, 0.4) is 0 Å². The molecule has 0 radical (unpaired) electrons. The van der Waals surface area contributed by atoms with Gasteiger partial charge >= 0.3 is 5.69 Å². The predicted molar refractivity (Wildman–Crippen MR) is 123 cm³/mol. The number of nitrogens with zero attached hydrogens (tertiary/aromatic N) is 3. The Hall–Kier alpha value is -3.60. The van der Waals surface area contributed by atoms with Crippen molar-refractivity contribution < 1.29 is 13.2 Å². The molecule has 0 bridgehead atoms. The van der Waals surface area contributed by atoms with E-state index in [0.717, 1.165) is 21.0 Å². The lowest BCUT2D eigenvalue weighted by molar-refractivity contribution is -0.116. The average Bonchev–Trinajstić information content (AvgIpc) is 2.96. The Balaban J connectivity index is 1.71. The summed E-state index contributed by atoms with van der Waals surface area (Å²) in [4.78, 5) is 41.0. The van der Waals surface area contributed by atoms with E-state index in [9.17, 15) is 22.8 Å². The van der Waals surface area contributed by atoms with Gasteiger partial charge in [0.05, 0.1) is 10.6 Å². The molecule has 10 nitrogen and oxygen atoms in total. The van der Waals surface area contributed by atoms with Gasteiger partial charge in [0.1, 0.15) is 12.4 Å². The number of amides is 1. The molecule has 0 unspecified atom stereocenters. The highest BCUT2D eigenvalue weighted by atomic mass is 32.2. The van der Waals surface area contributed by atoms with E-state index >= 15 is 0 Å². The molecule has 1 aliphatic heterocycles. The number of benzene rings is 2. The standard InChI is InChI=1S/C21H23N5O5S/c1-3-4-11-25-19(22)18(20(28)23-21(25)29)24(2)16(27)12-26-14-9-5-7-13-8-6-10-15(17(13)14)32(26,30)31/h5-10H,3-4,11-12,22H2,1-2H3,(H,23,28,29). The largest absolute Gasteiger partial charge is 0.383 e. The number of aromatic amines is 1. The minimum absolute atomic E-state index is 0.131. The van der Waals surface area contributed by atoms with Gasteiger partial charge in [0, 0.05) is 19.0 Å². The number of nitrogen functional groups attached to an aromatic ring is 1. The van der Waals surface area contributed by atoms with Crippen molar-refractivity contribution in [3.63, 3.8) is 0 Å². The van der Waals surface area contributed by atoms with E-state index < -0.39 is 33.7 Å². The van der Waals surface area contributed by atoms with E-state index in [0.29, 0.717) is 17.5 Å². The van der Waals surface area contributed by atoms with Crippen molar-refractivity contribution in [2.45, 2.75) is 31.2 Å². The first-order chi connectivity index (χ1) is 15.2. The number of carbonyl (C=O) groups excluding carboxylic acids is 1. The molecular weight excluding hydrogens is 434 g/mol. The molecule has 4 rings (SSSR count). The molecule has 0 saturated carbocycles. The number of unbranched alkanes of at least 4 members (excludes halogenated alkanes) is 1. The maximum atomic E-state index is 13.1. The summed E-state index contributed by atoms with van der Waals surface area (Å²) in [5.41, 5.74) is 4.80. The van der Waals surface area contributed by atoms with E-state index in [-0.39, 0.29) is 22.9 Å². The molecule has 0 atom stereocenters. The quantitative estimate of drug-likeness (QED) is 0.571. The molecular formula is C21H23N5O5S. The molecule has 1 aliphatic rings. The third-order valence-corrected chi connectivity index (χ3v) is 7.42. The van der Waals surface area contributed by atoms with Crippen LogP contribution in [0, 0.1) is 0 Å². The summed E-state index contributed by atoms with van der Waals surface area (Å²) in [6.45, 7) is 1.70. The molecule has 0 spiro atoms. The zero-order chi connectivity index (χ0) is 23.2. The molecule has 0 aliphatic carbocycles. The maximum Gasteiger partial charge on any atom is 0.330 e. The summed E-state index contributed by atoms with van der Waals surface area (Å²) in [5.74, 6) is -0.811. The number of aromatic nitrogens is 2. The van der Waals surface area contributed by atoms with Crippen LogP contribution in [0.1, 0.15) is 19.8 Å². The zero-order valence-electron chi connectivity index (χ0n) is 17.7. The van der Waals surface area contributed by atoms with E-state index in [2.05, 4.69) is 4.98 Å². The maximum absolute atomic E-state index is 13.1.